The fourth-order valence-corrected chi connectivity index (χ4v) is 8.19. The molecule has 0 unspecified atom stereocenters. The lowest BCUT2D eigenvalue weighted by atomic mass is 9.98. The van der Waals surface area contributed by atoms with Crippen LogP contribution in [0.2, 0.25) is 0 Å². The third-order valence-electron chi connectivity index (χ3n) is 11.1. The first kappa shape index (κ1) is 32.4. The molecule has 7 rings (SSSR count). The number of hydrogen-bond donors (Lipinski definition) is 3. The molecule has 4 fully saturated rings. The summed E-state index contributed by atoms with van der Waals surface area (Å²) in [5.74, 6) is -0.0554. The highest BCUT2D eigenvalue weighted by Crippen LogP contribution is 2.40. The van der Waals surface area contributed by atoms with Gasteiger partial charge in [0.25, 0.3) is 0 Å². The maximum atomic E-state index is 14.0. The Hall–Kier alpha value is -4.12. The van der Waals surface area contributed by atoms with Gasteiger partial charge in [-0.2, -0.15) is 0 Å². The molecule has 256 valence electrons. The molecule has 4 aliphatic heterocycles. The first-order chi connectivity index (χ1) is 23.4. The van der Waals surface area contributed by atoms with Crippen LogP contribution in [0.25, 0.3) is 0 Å². The largest absolute Gasteiger partial charge is 0.342 e. The van der Waals surface area contributed by atoms with Crippen molar-refractivity contribution < 1.29 is 19.2 Å². The summed E-state index contributed by atoms with van der Waals surface area (Å²) in [4.78, 5) is 61.9. The number of rotatable bonds is 8. The number of carbonyl (C=O) groups excluding carboxylic acids is 4. The molecule has 0 aromatic heterocycles. The van der Waals surface area contributed by atoms with Gasteiger partial charge in [-0.15, -0.1) is 0 Å². The average molecular weight is 656 g/mol. The Morgan fingerprint density at radius 3 is 2.21 bits per heavy atom. The minimum Gasteiger partial charge on any atom is -0.342 e. The van der Waals surface area contributed by atoms with Gasteiger partial charge in [0.1, 0.15) is 6.04 Å². The van der Waals surface area contributed by atoms with Crippen LogP contribution in [0.15, 0.2) is 54.6 Å². The summed E-state index contributed by atoms with van der Waals surface area (Å²) in [6, 6.07) is 17.1. The van der Waals surface area contributed by atoms with Crippen molar-refractivity contribution in [3.8, 4) is 0 Å². The lowest BCUT2D eigenvalue weighted by Crippen LogP contribution is -2.57. The van der Waals surface area contributed by atoms with E-state index in [0.29, 0.717) is 51.6 Å². The number of hydrogen-bond acceptors (Lipinski definition) is 5. The highest BCUT2D eigenvalue weighted by atomic mass is 16.2. The van der Waals surface area contributed by atoms with E-state index in [4.69, 9.17) is 0 Å². The summed E-state index contributed by atoms with van der Waals surface area (Å²) in [7, 11) is 0. The number of anilines is 1. The van der Waals surface area contributed by atoms with Crippen molar-refractivity contribution in [2.24, 2.45) is 0 Å². The molecule has 0 radical (unpaired) electrons. The summed E-state index contributed by atoms with van der Waals surface area (Å²) < 4.78 is 0. The minimum atomic E-state index is -0.931. The number of nitrogens with one attached hydrogen (secondary N) is 3. The van der Waals surface area contributed by atoms with E-state index in [9.17, 15) is 19.2 Å². The molecule has 2 aromatic rings. The molecule has 2 aromatic carbocycles. The van der Waals surface area contributed by atoms with E-state index in [2.05, 4.69) is 33.0 Å². The second-order valence-corrected chi connectivity index (χ2v) is 14.2. The molecule has 5 aliphatic rings. The number of carbonyl (C=O) groups is 4. The van der Waals surface area contributed by atoms with E-state index >= 15 is 0 Å². The van der Waals surface area contributed by atoms with Gasteiger partial charge in [0.2, 0.25) is 11.8 Å². The van der Waals surface area contributed by atoms with Crippen LogP contribution in [0.3, 0.4) is 0 Å². The SMILES string of the molecule is O=C(N[C@@H](CC(=O)N1CCC(N2Cc3ccccc3NC2=O)CC1)C(=O)N1CCC(N2CCCCC2)CC1)N[C@@H]1C[C@H]1c1ccccc1. The van der Waals surface area contributed by atoms with Gasteiger partial charge >= 0.3 is 12.1 Å². The highest BCUT2D eigenvalue weighted by molar-refractivity contribution is 5.93. The molecule has 0 bridgehead atoms. The van der Waals surface area contributed by atoms with Crippen molar-refractivity contribution in [1.29, 1.82) is 0 Å². The summed E-state index contributed by atoms with van der Waals surface area (Å²) in [5.41, 5.74) is 3.13. The maximum absolute atomic E-state index is 14.0. The van der Waals surface area contributed by atoms with Crippen molar-refractivity contribution in [1.82, 2.24) is 30.2 Å². The van der Waals surface area contributed by atoms with Crippen molar-refractivity contribution in [2.45, 2.75) is 94.4 Å². The normalized spacial score (nSPS) is 24.3. The topological polar surface area (TPSA) is 117 Å². The Kier molecular flexibility index (Phi) is 9.83. The fraction of sp³-hybridized carbons (Fsp3) is 0.568. The Bertz CT molecular complexity index is 1470. The molecule has 48 heavy (non-hydrogen) atoms. The second kappa shape index (κ2) is 14.6. The highest BCUT2D eigenvalue weighted by Gasteiger charge is 2.41. The van der Waals surface area contributed by atoms with Crippen LogP contribution in [0.1, 0.15) is 74.8 Å². The fourth-order valence-electron chi connectivity index (χ4n) is 8.19. The van der Waals surface area contributed by atoms with Crippen molar-refractivity contribution >= 4 is 29.6 Å². The quantitative estimate of drug-likeness (QED) is 0.396. The van der Waals surface area contributed by atoms with Gasteiger partial charge in [-0.3, -0.25) is 9.59 Å². The van der Waals surface area contributed by atoms with Gasteiger partial charge in [-0.05, 0) is 75.2 Å². The molecule has 3 N–H and O–H groups in total. The number of nitrogens with zero attached hydrogens (tertiary/aromatic N) is 4. The van der Waals surface area contributed by atoms with Crippen LogP contribution in [-0.4, -0.2) is 107 Å². The smallest absolute Gasteiger partial charge is 0.322 e. The number of benzene rings is 2. The molecule has 11 heteroatoms. The third kappa shape index (κ3) is 7.46. The van der Waals surface area contributed by atoms with Crippen LogP contribution < -0.4 is 16.0 Å². The van der Waals surface area contributed by atoms with Crippen LogP contribution in [0, 0.1) is 0 Å². The zero-order valence-electron chi connectivity index (χ0n) is 27.8. The molecule has 4 heterocycles. The van der Waals surface area contributed by atoms with Gasteiger partial charge in [-0.25, -0.2) is 9.59 Å². The Morgan fingerprint density at radius 2 is 1.46 bits per heavy atom. The maximum Gasteiger partial charge on any atom is 0.322 e. The van der Waals surface area contributed by atoms with E-state index in [-0.39, 0.29) is 42.3 Å². The summed E-state index contributed by atoms with van der Waals surface area (Å²) in [6.45, 7) is 5.10. The zero-order chi connectivity index (χ0) is 33.0. The Labute approximate surface area is 283 Å². The lowest BCUT2D eigenvalue weighted by molar-refractivity contribution is -0.140. The van der Waals surface area contributed by atoms with E-state index in [1.54, 1.807) is 4.90 Å². The van der Waals surface area contributed by atoms with E-state index in [0.717, 1.165) is 43.6 Å². The van der Waals surface area contributed by atoms with Gasteiger partial charge in [0.05, 0.1) is 6.42 Å². The number of amides is 6. The predicted molar refractivity (Wildman–Crippen MR) is 183 cm³/mol. The Balaban J connectivity index is 0.957. The molecule has 1 saturated carbocycles. The molecule has 0 spiro atoms. The molecule has 3 saturated heterocycles. The number of urea groups is 2. The first-order valence-corrected chi connectivity index (χ1v) is 18.0. The van der Waals surface area contributed by atoms with E-state index in [1.807, 2.05) is 52.3 Å². The molecule has 11 nitrogen and oxygen atoms in total. The monoisotopic (exact) mass is 655 g/mol. The van der Waals surface area contributed by atoms with Crippen LogP contribution in [0.5, 0.6) is 0 Å². The standard InChI is InChI=1S/C37H49N7O4/c45-34(42-19-15-29(16-20-42)44-25-27-11-5-6-12-31(27)40-37(44)48)24-33(39-36(47)38-32-23-30(32)26-9-3-1-4-10-26)35(46)43-21-13-28(14-22-43)41-17-7-2-8-18-41/h1,3-6,9-12,28-30,32-33H,2,7-8,13-25H2,(H,40,48)(H2,38,39,47)/t30-,32+,33-/m0/s1. The van der Waals surface area contributed by atoms with Gasteiger partial charge in [0.15, 0.2) is 0 Å². The third-order valence-corrected chi connectivity index (χ3v) is 11.1. The molecule has 3 atom stereocenters. The van der Waals surface area contributed by atoms with Crippen LogP contribution >= 0.6 is 0 Å². The molecular formula is C37H49N7O4. The van der Waals surface area contributed by atoms with E-state index < -0.39 is 12.1 Å². The Morgan fingerprint density at radius 1 is 0.792 bits per heavy atom. The molecule has 6 amide bonds. The zero-order valence-corrected chi connectivity index (χ0v) is 27.8. The number of fused-ring (bicyclic) bond motifs is 1. The summed E-state index contributed by atoms with van der Waals surface area (Å²) in [5, 5.41) is 8.96. The summed E-state index contributed by atoms with van der Waals surface area (Å²) >= 11 is 0. The van der Waals surface area contributed by atoms with Gasteiger partial charge < -0.3 is 35.6 Å². The summed E-state index contributed by atoms with van der Waals surface area (Å²) in [6.07, 6.45) is 7.73. The van der Waals surface area contributed by atoms with Crippen molar-refractivity contribution in [3.05, 3.63) is 65.7 Å². The van der Waals surface area contributed by atoms with E-state index in [1.165, 1.54) is 24.8 Å². The minimum absolute atomic E-state index is 0.0112. The van der Waals surface area contributed by atoms with Crippen LogP contribution in [-0.2, 0) is 16.1 Å². The number of piperidine rings is 3. The molecule has 1 aliphatic carbocycles. The van der Waals surface area contributed by atoms with Crippen molar-refractivity contribution in [2.75, 3.05) is 44.6 Å². The number of likely N-dealkylation sites (tertiary alicyclic amines) is 3. The first-order valence-electron chi connectivity index (χ1n) is 18.0. The van der Waals surface area contributed by atoms with Gasteiger partial charge in [0, 0.05) is 62.5 Å². The van der Waals surface area contributed by atoms with Crippen LogP contribution in [0.4, 0.5) is 15.3 Å². The molecular weight excluding hydrogens is 606 g/mol. The average Bonchev–Trinajstić information content (AvgIpc) is 3.90. The second-order valence-electron chi connectivity index (χ2n) is 14.2. The van der Waals surface area contributed by atoms with Gasteiger partial charge in [-0.1, -0.05) is 55.0 Å². The van der Waals surface area contributed by atoms with Crippen molar-refractivity contribution in [3.63, 3.8) is 0 Å². The number of para-hydroxylation sites is 1. The lowest BCUT2D eigenvalue weighted by Gasteiger charge is -2.41. The predicted octanol–water partition coefficient (Wildman–Crippen LogP) is 4.12.